The number of hydrogen-bond acceptors (Lipinski definition) is 6. The zero-order valence-electron chi connectivity index (χ0n) is 42.3. The summed E-state index contributed by atoms with van der Waals surface area (Å²) in [6.07, 6.45) is 64.8. The molecule has 1 unspecified atom stereocenters. The first-order valence-corrected chi connectivity index (χ1v) is 27.3. The third-order valence-electron chi connectivity index (χ3n) is 11.8. The van der Waals surface area contributed by atoms with Gasteiger partial charge in [-0.1, -0.05) is 242 Å². The molecule has 0 aromatic rings. The van der Waals surface area contributed by atoms with Crippen molar-refractivity contribution < 1.29 is 28.6 Å². The highest BCUT2D eigenvalue weighted by atomic mass is 16.6. The van der Waals surface area contributed by atoms with Gasteiger partial charge in [0.2, 0.25) is 0 Å². The van der Waals surface area contributed by atoms with Crippen LogP contribution in [0.15, 0.2) is 60.8 Å². The van der Waals surface area contributed by atoms with Crippen molar-refractivity contribution in [2.45, 2.75) is 277 Å². The number of unbranched alkanes of at least 4 members (excludes halogenated alkanes) is 30. The number of ether oxygens (including phenoxy) is 3. The summed E-state index contributed by atoms with van der Waals surface area (Å²) in [5, 5.41) is 0. The van der Waals surface area contributed by atoms with E-state index in [0.29, 0.717) is 19.3 Å². The molecular weight excluding hydrogens is 793 g/mol. The Morgan fingerprint density at radius 2 is 0.672 bits per heavy atom. The Balaban J connectivity index is 4.39. The number of esters is 3. The predicted octanol–water partition coefficient (Wildman–Crippen LogP) is 18.0. The number of carbonyl (C=O) groups is 3. The van der Waals surface area contributed by atoms with Gasteiger partial charge in [0, 0.05) is 19.3 Å². The van der Waals surface area contributed by atoms with E-state index >= 15 is 0 Å². The molecule has 0 aliphatic carbocycles. The summed E-state index contributed by atoms with van der Waals surface area (Å²) in [4.78, 5) is 38.1. The van der Waals surface area contributed by atoms with Crippen LogP contribution in [-0.4, -0.2) is 37.2 Å². The Morgan fingerprint density at radius 3 is 1.09 bits per heavy atom. The Kier molecular flexibility index (Phi) is 50.4. The Morgan fingerprint density at radius 1 is 0.344 bits per heavy atom. The predicted molar refractivity (Wildman–Crippen MR) is 275 cm³/mol. The summed E-state index contributed by atoms with van der Waals surface area (Å²) < 4.78 is 16.8. The van der Waals surface area contributed by atoms with Gasteiger partial charge in [-0.2, -0.15) is 0 Å². The van der Waals surface area contributed by atoms with Crippen molar-refractivity contribution in [2.75, 3.05) is 13.2 Å². The van der Waals surface area contributed by atoms with Crippen LogP contribution in [0.25, 0.3) is 0 Å². The van der Waals surface area contributed by atoms with E-state index in [0.717, 1.165) is 83.5 Å². The van der Waals surface area contributed by atoms with Crippen LogP contribution in [0.2, 0.25) is 0 Å². The van der Waals surface area contributed by atoms with E-state index in [1.165, 1.54) is 148 Å². The van der Waals surface area contributed by atoms with Gasteiger partial charge in [0.15, 0.2) is 6.10 Å². The molecule has 0 saturated heterocycles. The molecule has 0 N–H and O–H groups in total. The molecule has 0 aromatic heterocycles. The molecule has 0 heterocycles. The fourth-order valence-electron chi connectivity index (χ4n) is 7.71. The maximum absolute atomic E-state index is 12.8. The zero-order chi connectivity index (χ0) is 46.5. The van der Waals surface area contributed by atoms with Crippen molar-refractivity contribution in [1.29, 1.82) is 0 Å². The first-order valence-electron chi connectivity index (χ1n) is 27.3. The van der Waals surface area contributed by atoms with E-state index in [2.05, 4.69) is 81.5 Å². The minimum Gasteiger partial charge on any atom is -0.462 e. The van der Waals surface area contributed by atoms with E-state index in [4.69, 9.17) is 14.2 Å². The molecule has 0 bridgehead atoms. The maximum atomic E-state index is 12.8. The van der Waals surface area contributed by atoms with Crippen molar-refractivity contribution in [3.05, 3.63) is 60.8 Å². The number of carbonyl (C=O) groups excluding carboxylic acids is 3. The van der Waals surface area contributed by atoms with Crippen LogP contribution >= 0.6 is 0 Å². The fraction of sp³-hybridized carbons (Fsp3) is 0.776. The highest BCUT2D eigenvalue weighted by Crippen LogP contribution is 2.16. The van der Waals surface area contributed by atoms with Crippen LogP contribution in [-0.2, 0) is 28.6 Å². The lowest BCUT2D eigenvalue weighted by Crippen LogP contribution is -2.30. The minimum absolute atomic E-state index is 0.0796. The number of rotatable bonds is 49. The summed E-state index contributed by atoms with van der Waals surface area (Å²) in [5.74, 6) is -0.891. The quantitative estimate of drug-likeness (QED) is 0.0199. The van der Waals surface area contributed by atoms with E-state index in [1.807, 2.05) is 0 Å². The average molecular weight is 895 g/mol. The van der Waals surface area contributed by atoms with Crippen molar-refractivity contribution >= 4 is 17.9 Å². The molecule has 64 heavy (non-hydrogen) atoms. The third kappa shape index (κ3) is 50.1. The second kappa shape index (κ2) is 52.7. The summed E-state index contributed by atoms with van der Waals surface area (Å²) in [6.45, 7) is 6.49. The number of allylic oxidation sites excluding steroid dienone is 10. The summed E-state index contributed by atoms with van der Waals surface area (Å²) in [7, 11) is 0. The van der Waals surface area contributed by atoms with Gasteiger partial charge >= 0.3 is 17.9 Å². The summed E-state index contributed by atoms with van der Waals surface area (Å²) >= 11 is 0. The van der Waals surface area contributed by atoms with E-state index < -0.39 is 6.10 Å². The van der Waals surface area contributed by atoms with Crippen molar-refractivity contribution in [3.8, 4) is 0 Å². The second-order valence-electron chi connectivity index (χ2n) is 18.2. The fourth-order valence-corrected chi connectivity index (χ4v) is 7.71. The third-order valence-corrected chi connectivity index (χ3v) is 11.8. The molecule has 0 aliphatic rings. The smallest absolute Gasteiger partial charge is 0.306 e. The van der Waals surface area contributed by atoms with Gasteiger partial charge in [0.05, 0.1) is 0 Å². The Labute approximate surface area is 396 Å². The number of hydrogen-bond donors (Lipinski definition) is 0. The molecule has 0 radical (unpaired) electrons. The maximum Gasteiger partial charge on any atom is 0.306 e. The molecule has 1 atom stereocenters. The van der Waals surface area contributed by atoms with Gasteiger partial charge in [-0.15, -0.1) is 0 Å². The molecule has 0 amide bonds. The molecule has 0 fully saturated rings. The first-order chi connectivity index (χ1) is 31.5. The lowest BCUT2D eigenvalue weighted by Gasteiger charge is -2.18. The second-order valence-corrected chi connectivity index (χ2v) is 18.2. The van der Waals surface area contributed by atoms with Crippen LogP contribution in [0, 0.1) is 0 Å². The summed E-state index contributed by atoms with van der Waals surface area (Å²) in [6, 6.07) is 0. The van der Waals surface area contributed by atoms with Crippen LogP contribution in [0.3, 0.4) is 0 Å². The monoisotopic (exact) mass is 895 g/mol. The van der Waals surface area contributed by atoms with Crippen molar-refractivity contribution in [1.82, 2.24) is 0 Å². The van der Waals surface area contributed by atoms with E-state index in [9.17, 15) is 14.4 Å². The van der Waals surface area contributed by atoms with Gasteiger partial charge in [-0.05, 0) is 70.6 Å². The van der Waals surface area contributed by atoms with Crippen molar-refractivity contribution in [3.63, 3.8) is 0 Å². The first kappa shape index (κ1) is 61.1. The molecule has 0 aromatic carbocycles. The molecule has 0 saturated carbocycles. The highest BCUT2D eigenvalue weighted by Gasteiger charge is 2.19. The van der Waals surface area contributed by atoms with Crippen LogP contribution < -0.4 is 0 Å². The Bertz CT molecular complexity index is 1170. The van der Waals surface area contributed by atoms with Gasteiger partial charge < -0.3 is 14.2 Å². The van der Waals surface area contributed by atoms with E-state index in [-0.39, 0.29) is 31.1 Å². The molecular formula is C58H102O6. The lowest BCUT2D eigenvalue weighted by molar-refractivity contribution is -0.167. The Hall–Kier alpha value is -2.89. The molecule has 6 nitrogen and oxygen atoms in total. The molecule has 0 rings (SSSR count). The standard InChI is InChI=1S/C58H102O6/c1-4-7-10-13-16-19-22-25-28-29-31-33-36-39-42-45-48-51-57(60)63-54-55(53-62-56(59)50-47-44-41-38-35-32-27-24-21-18-15-12-9-6-3)64-58(61)52-49-46-43-40-37-34-30-26-23-20-17-14-11-8-5-2/h8,11,14,16-17,19-20,23,25,28,55H,4-7,9-10,12-13,15,18,21-22,24,26-27,29-54H2,1-3H3/b11-8-,17-14-,19-16-,23-20-,28-25-. The van der Waals surface area contributed by atoms with Gasteiger partial charge in [-0.3, -0.25) is 14.4 Å². The SMILES string of the molecule is CC\C=C/C=C\C=C/CCCCCCCCCC(=O)OC(COC(=O)CCCCCCCCC/C=C\C/C=C\CCCCC)COC(=O)CCCCCCCCCCCCCCCC. The van der Waals surface area contributed by atoms with Gasteiger partial charge in [0.1, 0.15) is 13.2 Å². The highest BCUT2D eigenvalue weighted by molar-refractivity contribution is 5.71. The zero-order valence-corrected chi connectivity index (χ0v) is 42.3. The van der Waals surface area contributed by atoms with Crippen molar-refractivity contribution in [2.24, 2.45) is 0 Å². The normalized spacial score (nSPS) is 12.5. The largest absolute Gasteiger partial charge is 0.462 e. The molecule has 0 spiro atoms. The van der Waals surface area contributed by atoms with Crippen LogP contribution in [0.5, 0.6) is 0 Å². The average Bonchev–Trinajstić information content (AvgIpc) is 3.29. The van der Waals surface area contributed by atoms with Crippen LogP contribution in [0.4, 0.5) is 0 Å². The van der Waals surface area contributed by atoms with Gasteiger partial charge in [0.25, 0.3) is 0 Å². The topological polar surface area (TPSA) is 78.9 Å². The molecule has 370 valence electrons. The van der Waals surface area contributed by atoms with Gasteiger partial charge in [-0.25, -0.2) is 0 Å². The molecule has 6 heteroatoms. The minimum atomic E-state index is -0.782. The van der Waals surface area contributed by atoms with Crippen LogP contribution in [0.1, 0.15) is 271 Å². The molecule has 0 aliphatic heterocycles. The lowest BCUT2D eigenvalue weighted by atomic mass is 10.0. The van der Waals surface area contributed by atoms with E-state index in [1.54, 1.807) is 0 Å². The summed E-state index contributed by atoms with van der Waals surface area (Å²) in [5.41, 5.74) is 0.